The minimum atomic E-state index is -5.08. The van der Waals surface area contributed by atoms with Gasteiger partial charge in [0.05, 0.1) is 0 Å². The first kappa shape index (κ1) is 29.0. The maximum atomic E-state index is 12.4. The van der Waals surface area contributed by atoms with Gasteiger partial charge in [0.25, 0.3) is 0 Å². The predicted molar refractivity (Wildman–Crippen MR) is 114 cm³/mol. The summed E-state index contributed by atoms with van der Waals surface area (Å²) in [5.41, 5.74) is 1.17. The lowest BCUT2D eigenvalue weighted by atomic mass is 10.1. The van der Waals surface area contributed by atoms with Gasteiger partial charge in [0.2, 0.25) is 5.91 Å². The molecule has 2 aliphatic rings. The minimum Gasteiger partial charge on any atom is -0.475 e. The SMILES string of the molecule is O=C(O)C(F)(F)F.O=C(O)C(F)(F)F.O=C1C[C@H]2[C@@H](CCN2Cc2cccs2)N1Cc1ccncc1. The molecule has 0 saturated carbocycles. The number of carboxylic acid groups (broad SMARTS) is 2. The molecule has 2 atom stereocenters. The number of rotatable bonds is 4. The molecule has 0 spiro atoms. The van der Waals surface area contributed by atoms with E-state index in [9.17, 15) is 31.1 Å². The van der Waals surface area contributed by atoms with E-state index in [0.29, 0.717) is 24.4 Å². The Balaban J connectivity index is 0.000000271. The average molecular weight is 541 g/mol. The van der Waals surface area contributed by atoms with Crippen LogP contribution in [0, 0.1) is 0 Å². The molecule has 0 radical (unpaired) electrons. The van der Waals surface area contributed by atoms with Gasteiger partial charge in [-0.2, -0.15) is 26.3 Å². The molecule has 2 aliphatic heterocycles. The van der Waals surface area contributed by atoms with Crippen molar-refractivity contribution in [2.24, 2.45) is 0 Å². The van der Waals surface area contributed by atoms with Crippen LogP contribution >= 0.6 is 11.3 Å². The van der Waals surface area contributed by atoms with E-state index in [4.69, 9.17) is 19.8 Å². The molecule has 2 aromatic heterocycles. The van der Waals surface area contributed by atoms with Crippen molar-refractivity contribution in [2.75, 3.05) is 6.54 Å². The molecule has 2 fully saturated rings. The van der Waals surface area contributed by atoms with E-state index < -0.39 is 24.3 Å². The van der Waals surface area contributed by atoms with Gasteiger partial charge >= 0.3 is 24.3 Å². The number of aliphatic carboxylic acids is 2. The lowest BCUT2D eigenvalue weighted by molar-refractivity contribution is -0.193. The number of nitrogens with zero attached hydrogens (tertiary/aromatic N) is 3. The molecule has 36 heavy (non-hydrogen) atoms. The highest BCUT2D eigenvalue weighted by molar-refractivity contribution is 7.09. The summed E-state index contributed by atoms with van der Waals surface area (Å²) >= 11 is 1.80. The summed E-state index contributed by atoms with van der Waals surface area (Å²) in [7, 11) is 0. The molecule has 8 nitrogen and oxygen atoms in total. The Labute approximate surface area is 204 Å². The van der Waals surface area contributed by atoms with Crippen molar-refractivity contribution in [3.63, 3.8) is 0 Å². The number of halogens is 6. The summed E-state index contributed by atoms with van der Waals surface area (Å²) in [5.74, 6) is -5.22. The first-order valence-corrected chi connectivity index (χ1v) is 11.1. The van der Waals surface area contributed by atoms with Crippen LogP contribution < -0.4 is 0 Å². The van der Waals surface area contributed by atoms with Gasteiger partial charge in [0.15, 0.2) is 0 Å². The third-order valence-corrected chi connectivity index (χ3v) is 6.12. The van der Waals surface area contributed by atoms with Crippen molar-refractivity contribution >= 4 is 29.2 Å². The third-order valence-electron chi connectivity index (χ3n) is 5.26. The summed E-state index contributed by atoms with van der Waals surface area (Å²) in [6, 6.07) is 9.04. The van der Waals surface area contributed by atoms with Crippen LogP contribution in [-0.4, -0.2) is 73.8 Å². The van der Waals surface area contributed by atoms with Crippen LogP contribution in [0.2, 0.25) is 0 Å². The van der Waals surface area contributed by atoms with Gasteiger partial charge in [-0.15, -0.1) is 11.3 Å². The topological polar surface area (TPSA) is 111 Å². The molecule has 4 rings (SSSR count). The molecule has 15 heteroatoms. The van der Waals surface area contributed by atoms with Gasteiger partial charge in [-0.05, 0) is 35.6 Å². The summed E-state index contributed by atoms with van der Waals surface area (Å²) in [6.07, 6.45) is -4.82. The number of alkyl halides is 6. The maximum Gasteiger partial charge on any atom is 0.490 e. The van der Waals surface area contributed by atoms with Gasteiger partial charge in [-0.3, -0.25) is 14.7 Å². The number of likely N-dealkylation sites (tertiary alicyclic amines) is 2. The van der Waals surface area contributed by atoms with E-state index >= 15 is 0 Å². The molecule has 2 N–H and O–H groups in total. The Morgan fingerprint density at radius 1 is 0.972 bits per heavy atom. The van der Waals surface area contributed by atoms with Crippen molar-refractivity contribution in [1.29, 1.82) is 0 Å². The molecule has 2 saturated heterocycles. The highest BCUT2D eigenvalue weighted by atomic mass is 32.1. The van der Waals surface area contributed by atoms with E-state index in [1.807, 2.05) is 12.1 Å². The molecule has 0 bridgehead atoms. The predicted octanol–water partition coefficient (Wildman–Crippen LogP) is 3.79. The fourth-order valence-electron chi connectivity index (χ4n) is 3.70. The van der Waals surface area contributed by atoms with Crippen LogP contribution in [0.15, 0.2) is 42.0 Å². The zero-order valence-corrected chi connectivity index (χ0v) is 19.2. The van der Waals surface area contributed by atoms with Crippen LogP contribution in [0.1, 0.15) is 23.3 Å². The molecule has 4 heterocycles. The number of hydrogen-bond donors (Lipinski definition) is 2. The standard InChI is InChI=1S/C17H19N3OS.2C2HF3O2/c21-17-10-16-15(20(17)11-13-3-6-18-7-4-13)5-8-19(16)12-14-2-1-9-22-14;2*3-2(4,5)1(6)7/h1-4,6-7,9,15-16H,5,8,10-12H2;2*(H,6,7)/t15-,16+;;/m1../s1. The Morgan fingerprint density at radius 3 is 2.00 bits per heavy atom. The fourth-order valence-corrected chi connectivity index (χ4v) is 4.43. The van der Waals surface area contributed by atoms with Crippen LogP contribution in [0.25, 0.3) is 0 Å². The number of carbonyl (C=O) groups is 3. The highest BCUT2D eigenvalue weighted by Crippen LogP contribution is 2.34. The number of thiophene rings is 1. The lowest BCUT2D eigenvalue weighted by Crippen LogP contribution is -2.36. The second kappa shape index (κ2) is 12.2. The number of hydrogen-bond acceptors (Lipinski definition) is 6. The Morgan fingerprint density at radius 2 is 1.53 bits per heavy atom. The van der Waals surface area contributed by atoms with Crippen molar-refractivity contribution in [3.8, 4) is 0 Å². The molecule has 0 unspecified atom stereocenters. The van der Waals surface area contributed by atoms with E-state index in [1.54, 1.807) is 23.7 Å². The van der Waals surface area contributed by atoms with Gasteiger partial charge in [-0.1, -0.05) is 6.07 Å². The summed E-state index contributed by atoms with van der Waals surface area (Å²) in [4.78, 5) is 40.2. The molecule has 198 valence electrons. The van der Waals surface area contributed by atoms with E-state index in [-0.39, 0.29) is 0 Å². The number of amides is 1. The van der Waals surface area contributed by atoms with Crippen molar-refractivity contribution in [1.82, 2.24) is 14.8 Å². The van der Waals surface area contributed by atoms with Crippen molar-refractivity contribution in [2.45, 2.75) is 50.4 Å². The number of pyridine rings is 1. The van der Waals surface area contributed by atoms with Crippen LogP contribution in [0.4, 0.5) is 26.3 Å². The summed E-state index contributed by atoms with van der Waals surface area (Å²) in [6.45, 7) is 2.79. The Bertz CT molecular complexity index is 993. The first-order valence-electron chi connectivity index (χ1n) is 10.2. The van der Waals surface area contributed by atoms with Crippen LogP contribution in [-0.2, 0) is 27.5 Å². The fraction of sp³-hybridized carbons (Fsp3) is 0.429. The lowest BCUT2D eigenvalue weighted by Gasteiger charge is -2.25. The summed E-state index contributed by atoms with van der Waals surface area (Å²) < 4.78 is 63.5. The zero-order valence-electron chi connectivity index (χ0n) is 18.4. The van der Waals surface area contributed by atoms with Gasteiger partial charge in [-0.25, -0.2) is 9.59 Å². The number of fused-ring (bicyclic) bond motifs is 1. The molecule has 0 aromatic carbocycles. The minimum absolute atomic E-state index is 0.294. The Kier molecular flexibility index (Phi) is 9.81. The monoisotopic (exact) mass is 541 g/mol. The van der Waals surface area contributed by atoms with E-state index in [0.717, 1.165) is 26.1 Å². The number of carboxylic acids is 2. The molecular weight excluding hydrogens is 520 g/mol. The normalized spacial score (nSPS) is 19.6. The number of aromatic nitrogens is 1. The largest absolute Gasteiger partial charge is 0.490 e. The van der Waals surface area contributed by atoms with E-state index in [1.165, 1.54) is 10.4 Å². The second-order valence-electron chi connectivity index (χ2n) is 7.66. The zero-order chi connectivity index (χ0) is 27.1. The molecule has 0 aliphatic carbocycles. The van der Waals surface area contributed by atoms with Gasteiger partial charge in [0.1, 0.15) is 0 Å². The third kappa shape index (κ3) is 8.48. The Hall–Kier alpha value is -3.20. The van der Waals surface area contributed by atoms with Crippen LogP contribution in [0.3, 0.4) is 0 Å². The maximum absolute atomic E-state index is 12.4. The highest BCUT2D eigenvalue weighted by Gasteiger charge is 2.46. The average Bonchev–Trinajstić information content (AvgIpc) is 3.49. The van der Waals surface area contributed by atoms with Crippen LogP contribution in [0.5, 0.6) is 0 Å². The summed E-state index contributed by atoms with van der Waals surface area (Å²) in [5, 5.41) is 16.4. The van der Waals surface area contributed by atoms with Crippen molar-refractivity contribution < 1.29 is 50.9 Å². The molecule has 1 amide bonds. The van der Waals surface area contributed by atoms with Gasteiger partial charge < -0.3 is 15.1 Å². The molecule has 2 aromatic rings. The number of carbonyl (C=O) groups excluding carboxylic acids is 1. The van der Waals surface area contributed by atoms with Crippen molar-refractivity contribution in [3.05, 3.63) is 52.5 Å². The first-order chi connectivity index (χ1) is 16.7. The van der Waals surface area contributed by atoms with E-state index in [2.05, 4.69) is 32.3 Å². The molecular formula is C21H21F6N3O5S. The smallest absolute Gasteiger partial charge is 0.475 e. The second-order valence-corrected chi connectivity index (χ2v) is 8.69. The quantitative estimate of drug-likeness (QED) is 0.567. The van der Waals surface area contributed by atoms with Gasteiger partial charge in [0, 0.05) is 55.4 Å².